The van der Waals surface area contributed by atoms with Crippen molar-refractivity contribution >= 4 is 14.7 Å². The molecule has 0 atom stereocenters. The van der Waals surface area contributed by atoms with E-state index in [2.05, 4.69) is 49.9 Å². The van der Waals surface area contributed by atoms with E-state index in [1.165, 1.54) is 12.8 Å². The summed E-state index contributed by atoms with van der Waals surface area (Å²) in [6.45, 7) is 4.49. The Morgan fingerprint density at radius 2 is 1.77 bits per heavy atom. The van der Waals surface area contributed by atoms with E-state index in [9.17, 15) is 0 Å². The molecule has 13 heavy (non-hydrogen) atoms. The summed E-state index contributed by atoms with van der Waals surface area (Å²) in [6, 6.07) is 10.8. The summed E-state index contributed by atoms with van der Waals surface area (Å²) in [4.78, 5) is 0. The lowest BCUT2D eigenvalue weighted by atomic mass is 10.2. The summed E-state index contributed by atoms with van der Waals surface area (Å²) in [7, 11) is -0.143. The molecule has 0 radical (unpaired) electrons. The van der Waals surface area contributed by atoms with Gasteiger partial charge in [0, 0.05) is 0 Å². The smallest absolute Gasteiger partial charge is 0.0782 e. The number of benzene rings is 1. The summed E-state index contributed by atoms with van der Waals surface area (Å²) in [5.74, 6) is 0. The fourth-order valence-electron chi connectivity index (χ4n) is 1.41. The second kappa shape index (κ2) is 5.76. The molecule has 0 aliphatic heterocycles. The molecule has 0 unspecified atom stereocenters. The van der Waals surface area contributed by atoms with E-state index in [0.29, 0.717) is 0 Å². The van der Waals surface area contributed by atoms with E-state index >= 15 is 0 Å². The Labute approximate surface area is 83.5 Å². The average molecular weight is 190 g/mol. The molecule has 1 aromatic rings. The molecule has 0 spiro atoms. The summed E-state index contributed by atoms with van der Waals surface area (Å²) < 4.78 is 0. The Bertz CT molecular complexity index is 256. The van der Waals surface area contributed by atoms with Crippen LogP contribution in [0.4, 0.5) is 0 Å². The van der Waals surface area contributed by atoms with E-state index in [0.717, 1.165) is 0 Å². The van der Waals surface area contributed by atoms with Gasteiger partial charge in [-0.15, -0.1) is 0 Å². The van der Waals surface area contributed by atoms with Crippen LogP contribution in [-0.2, 0) is 0 Å². The minimum Gasteiger partial charge on any atom is -0.0969 e. The maximum Gasteiger partial charge on any atom is 0.0782 e. The molecule has 0 amide bonds. The molecule has 70 valence electrons. The molecule has 0 N–H and O–H groups in total. The van der Waals surface area contributed by atoms with Crippen LogP contribution >= 0.6 is 0 Å². The maximum atomic E-state index is 2.50. The Kier molecular flexibility index (Phi) is 4.55. The van der Waals surface area contributed by atoms with Crippen molar-refractivity contribution in [1.82, 2.24) is 0 Å². The summed E-state index contributed by atoms with van der Waals surface area (Å²) in [5, 5.41) is 1.54. The van der Waals surface area contributed by atoms with Gasteiger partial charge in [-0.1, -0.05) is 60.6 Å². The summed E-state index contributed by atoms with van der Waals surface area (Å²) >= 11 is 0. The molecule has 0 aromatic heterocycles. The van der Waals surface area contributed by atoms with Gasteiger partial charge in [0.25, 0.3) is 0 Å². The van der Waals surface area contributed by atoms with Gasteiger partial charge in [-0.25, -0.2) is 0 Å². The fourth-order valence-corrected chi connectivity index (χ4v) is 3.06. The SMILES string of the molecule is CCC(=C[SiH2]c1ccccc1)CC. The van der Waals surface area contributed by atoms with Crippen LogP contribution in [-0.4, -0.2) is 9.52 Å². The van der Waals surface area contributed by atoms with Crippen LogP contribution in [0, 0.1) is 0 Å². The monoisotopic (exact) mass is 190 g/mol. The molecule has 1 heteroatoms. The standard InChI is InChI=1S/C12H18Si/c1-3-11(4-2)10-13-12-8-6-5-7-9-12/h5-10H,3-4,13H2,1-2H3. The van der Waals surface area contributed by atoms with Crippen molar-refractivity contribution in [2.24, 2.45) is 0 Å². The lowest BCUT2D eigenvalue weighted by molar-refractivity contribution is 0.982. The largest absolute Gasteiger partial charge is 0.0969 e. The third-order valence-corrected chi connectivity index (χ3v) is 4.10. The van der Waals surface area contributed by atoms with Crippen molar-refractivity contribution < 1.29 is 0 Å². The van der Waals surface area contributed by atoms with Crippen molar-refractivity contribution in [1.29, 1.82) is 0 Å². The van der Waals surface area contributed by atoms with Gasteiger partial charge < -0.3 is 0 Å². The normalized spacial score (nSPS) is 10.6. The highest BCUT2D eigenvalue weighted by molar-refractivity contribution is 6.58. The number of allylic oxidation sites excluding steroid dienone is 1. The van der Waals surface area contributed by atoms with Crippen molar-refractivity contribution in [3.05, 3.63) is 41.6 Å². The molecule has 0 saturated carbocycles. The predicted octanol–water partition coefficient (Wildman–Crippen LogP) is 2.18. The highest BCUT2D eigenvalue weighted by Crippen LogP contribution is 2.03. The van der Waals surface area contributed by atoms with Crippen molar-refractivity contribution in [2.45, 2.75) is 26.7 Å². The first-order valence-electron chi connectivity index (χ1n) is 5.08. The van der Waals surface area contributed by atoms with Crippen molar-refractivity contribution in [3.8, 4) is 0 Å². The first kappa shape index (κ1) is 10.3. The molecule has 0 fully saturated rings. The van der Waals surface area contributed by atoms with E-state index in [1.807, 2.05) is 0 Å². The van der Waals surface area contributed by atoms with Crippen molar-refractivity contribution in [2.75, 3.05) is 0 Å². The lowest BCUT2D eigenvalue weighted by Crippen LogP contribution is -2.11. The molecular weight excluding hydrogens is 172 g/mol. The van der Waals surface area contributed by atoms with Gasteiger partial charge >= 0.3 is 0 Å². The molecule has 0 bridgehead atoms. The predicted molar refractivity (Wildman–Crippen MR) is 63.3 cm³/mol. The third-order valence-electron chi connectivity index (χ3n) is 2.38. The zero-order chi connectivity index (χ0) is 9.52. The molecule has 0 heterocycles. The number of hydrogen-bond acceptors (Lipinski definition) is 0. The average Bonchev–Trinajstić information content (AvgIpc) is 2.21. The molecule has 0 saturated heterocycles. The second-order valence-electron chi connectivity index (χ2n) is 3.26. The van der Waals surface area contributed by atoms with E-state index in [-0.39, 0.29) is 9.52 Å². The molecule has 0 aliphatic carbocycles. The molecule has 0 aliphatic rings. The number of rotatable bonds is 4. The van der Waals surface area contributed by atoms with E-state index < -0.39 is 0 Å². The van der Waals surface area contributed by atoms with E-state index in [1.54, 1.807) is 10.8 Å². The Balaban J connectivity index is 2.55. The van der Waals surface area contributed by atoms with Crippen LogP contribution in [0.25, 0.3) is 0 Å². The van der Waals surface area contributed by atoms with Gasteiger partial charge in [0.15, 0.2) is 0 Å². The fraction of sp³-hybridized carbons (Fsp3) is 0.333. The van der Waals surface area contributed by atoms with E-state index in [4.69, 9.17) is 0 Å². The molecule has 1 rings (SSSR count). The lowest BCUT2D eigenvalue weighted by Gasteiger charge is -1.99. The zero-order valence-electron chi connectivity index (χ0n) is 8.59. The highest BCUT2D eigenvalue weighted by Gasteiger charge is 1.91. The topological polar surface area (TPSA) is 0 Å². The highest BCUT2D eigenvalue weighted by atomic mass is 28.2. The Hall–Kier alpha value is -0.823. The first-order valence-corrected chi connectivity index (χ1v) is 6.61. The molecule has 0 nitrogen and oxygen atoms in total. The van der Waals surface area contributed by atoms with Crippen molar-refractivity contribution in [3.63, 3.8) is 0 Å². The van der Waals surface area contributed by atoms with Gasteiger partial charge in [-0.2, -0.15) is 0 Å². The number of hydrogen-bond donors (Lipinski definition) is 0. The second-order valence-corrected chi connectivity index (χ2v) is 4.89. The van der Waals surface area contributed by atoms with Crippen LogP contribution in [0.1, 0.15) is 26.7 Å². The third kappa shape index (κ3) is 3.60. The molecular formula is C12H18Si. The van der Waals surface area contributed by atoms with Gasteiger partial charge in [0.2, 0.25) is 0 Å². The Morgan fingerprint density at radius 1 is 1.15 bits per heavy atom. The molecule has 1 aromatic carbocycles. The van der Waals surface area contributed by atoms with Gasteiger partial charge in [0.1, 0.15) is 0 Å². The van der Waals surface area contributed by atoms with Gasteiger partial charge in [-0.05, 0) is 12.8 Å². The van der Waals surface area contributed by atoms with Gasteiger partial charge in [0.05, 0.1) is 9.52 Å². The summed E-state index contributed by atoms with van der Waals surface area (Å²) in [5.41, 5.74) is 4.12. The minimum absolute atomic E-state index is 0.143. The quantitative estimate of drug-likeness (QED) is 0.639. The first-order chi connectivity index (χ1) is 6.36. The van der Waals surface area contributed by atoms with Crippen LogP contribution in [0.2, 0.25) is 0 Å². The van der Waals surface area contributed by atoms with Crippen LogP contribution in [0.15, 0.2) is 41.6 Å². The Morgan fingerprint density at radius 3 is 2.31 bits per heavy atom. The summed E-state index contributed by atoms with van der Waals surface area (Å²) in [6.07, 6.45) is 2.44. The van der Waals surface area contributed by atoms with Crippen LogP contribution in [0.3, 0.4) is 0 Å². The van der Waals surface area contributed by atoms with Gasteiger partial charge in [-0.3, -0.25) is 0 Å². The van der Waals surface area contributed by atoms with Crippen LogP contribution < -0.4 is 5.19 Å². The zero-order valence-corrected chi connectivity index (χ0v) is 10.00. The minimum atomic E-state index is -0.143. The maximum absolute atomic E-state index is 2.50. The van der Waals surface area contributed by atoms with Crippen LogP contribution in [0.5, 0.6) is 0 Å².